The highest BCUT2D eigenvalue weighted by Crippen LogP contribution is 2.23. The van der Waals surface area contributed by atoms with Gasteiger partial charge < -0.3 is 4.74 Å². The second-order valence-electron chi connectivity index (χ2n) is 2.96. The molecular weight excluding hydrogens is 255 g/mol. The topological polar surface area (TPSA) is 43.4 Å². The van der Waals surface area contributed by atoms with Gasteiger partial charge in [-0.25, -0.2) is 12.8 Å². The minimum atomic E-state index is -3.91. The van der Waals surface area contributed by atoms with Crippen molar-refractivity contribution in [2.75, 3.05) is 6.61 Å². The predicted molar refractivity (Wildman–Crippen MR) is 59.7 cm³/mol. The van der Waals surface area contributed by atoms with E-state index in [-0.39, 0.29) is 17.3 Å². The number of ether oxygens (including phenoxy) is 1. The number of benzene rings is 1. The van der Waals surface area contributed by atoms with Crippen molar-refractivity contribution in [1.29, 1.82) is 0 Å². The van der Waals surface area contributed by atoms with Gasteiger partial charge in [0.15, 0.2) is 11.6 Å². The summed E-state index contributed by atoms with van der Waals surface area (Å²) in [6.45, 7) is 3.78. The average Bonchev–Trinajstić information content (AvgIpc) is 2.19. The second-order valence-corrected chi connectivity index (χ2v) is 5.52. The minimum Gasteiger partial charge on any atom is -0.490 e. The van der Waals surface area contributed by atoms with Crippen molar-refractivity contribution >= 4 is 19.7 Å². The van der Waals surface area contributed by atoms with E-state index in [1.807, 2.05) is 0 Å². The molecule has 0 spiro atoms. The second kappa shape index (κ2) is 5.32. The molecule has 0 N–H and O–H groups in total. The number of hydrogen-bond donors (Lipinski definition) is 0. The van der Waals surface area contributed by atoms with Gasteiger partial charge in [-0.15, -0.1) is 6.58 Å². The summed E-state index contributed by atoms with van der Waals surface area (Å²) < 4.78 is 40.2. The fourth-order valence-electron chi connectivity index (χ4n) is 1.00. The lowest BCUT2D eigenvalue weighted by Gasteiger charge is -2.06. The van der Waals surface area contributed by atoms with Gasteiger partial charge in [0.1, 0.15) is 0 Å². The zero-order chi connectivity index (χ0) is 12.2. The Hall–Kier alpha value is -1.07. The van der Waals surface area contributed by atoms with Crippen LogP contribution in [0.3, 0.4) is 0 Å². The Morgan fingerprint density at radius 2 is 2.19 bits per heavy atom. The molecule has 0 aromatic heterocycles. The van der Waals surface area contributed by atoms with Crippen molar-refractivity contribution in [3.63, 3.8) is 0 Å². The molecule has 1 aromatic rings. The summed E-state index contributed by atoms with van der Waals surface area (Å²) >= 11 is 0. The predicted octanol–water partition coefficient (Wildman–Crippen LogP) is 2.71. The van der Waals surface area contributed by atoms with Gasteiger partial charge in [0, 0.05) is 10.7 Å². The van der Waals surface area contributed by atoms with E-state index in [9.17, 15) is 12.8 Å². The molecule has 0 atom stereocenters. The van der Waals surface area contributed by atoms with Crippen molar-refractivity contribution < 1.29 is 17.5 Å². The molecule has 3 nitrogen and oxygen atoms in total. The molecule has 0 bridgehead atoms. The molecule has 1 rings (SSSR count). The van der Waals surface area contributed by atoms with Crippen LogP contribution in [0.25, 0.3) is 0 Å². The molecule has 0 radical (unpaired) electrons. The Morgan fingerprint density at radius 1 is 1.50 bits per heavy atom. The van der Waals surface area contributed by atoms with Crippen molar-refractivity contribution in [2.45, 2.75) is 11.3 Å². The van der Waals surface area contributed by atoms with Gasteiger partial charge in [0.2, 0.25) is 0 Å². The van der Waals surface area contributed by atoms with Gasteiger partial charge in [-0.1, -0.05) is 6.08 Å². The molecule has 0 aliphatic carbocycles. The van der Waals surface area contributed by atoms with Gasteiger partial charge in [0.05, 0.1) is 11.5 Å². The smallest absolute Gasteiger partial charge is 0.261 e. The minimum absolute atomic E-state index is 0.00841. The van der Waals surface area contributed by atoms with Gasteiger partial charge >= 0.3 is 0 Å². The summed E-state index contributed by atoms with van der Waals surface area (Å²) in [5, 5.41) is 0. The average molecular weight is 265 g/mol. The molecule has 0 unspecified atom stereocenters. The van der Waals surface area contributed by atoms with Crippen molar-refractivity contribution in [3.8, 4) is 5.75 Å². The third-order valence-corrected chi connectivity index (χ3v) is 3.12. The Morgan fingerprint density at radius 3 is 2.69 bits per heavy atom. The van der Waals surface area contributed by atoms with E-state index in [1.165, 1.54) is 12.1 Å². The first-order valence-corrected chi connectivity index (χ1v) is 6.74. The molecule has 0 saturated heterocycles. The summed E-state index contributed by atoms with van der Waals surface area (Å²) in [5.41, 5.74) is 0. The molecule has 0 saturated carbocycles. The zero-order valence-corrected chi connectivity index (χ0v) is 9.89. The number of rotatable bonds is 5. The monoisotopic (exact) mass is 264 g/mol. The molecule has 0 heterocycles. The summed E-state index contributed by atoms with van der Waals surface area (Å²) in [7, 11) is 1.15. The molecule has 0 amide bonds. The Labute approximate surface area is 97.9 Å². The lowest BCUT2D eigenvalue weighted by Crippen LogP contribution is -1.99. The summed E-state index contributed by atoms with van der Waals surface area (Å²) in [5.74, 6) is -0.767. The van der Waals surface area contributed by atoms with Crippen molar-refractivity contribution in [1.82, 2.24) is 0 Å². The maximum atomic E-state index is 13.3. The molecule has 6 heteroatoms. The highest BCUT2D eigenvalue weighted by molar-refractivity contribution is 8.13. The maximum absolute atomic E-state index is 13.3. The standard InChI is InChI=1S/C10H10ClFO3S/c1-2-3-6-15-10-5-4-8(7-9(10)12)16(11,13)14/h2,4-5,7H,1,3,6H2. The lowest BCUT2D eigenvalue weighted by atomic mass is 10.3. The first-order valence-electron chi connectivity index (χ1n) is 4.43. The SMILES string of the molecule is C=CCCOc1ccc(S(=O)(=O)Cl)cc1F. The molecule has 88 valence electrons. The van der Waals surface area contributed by atoms with E-state index in [0.717, 1.165) is 6.07 Å². The first-order chi connectivity index (χ1) is 7.45. The maximum Gasteiger partial charge on any atom is 0.261 e. The van der Waals surface area contributed by atoms with Gasteiger partial charge in [-0.3, -0.25) is 0 Å². The van der Waals surface area contributed by atoms with Gasteiger partial charge in [0.25, 0.3) is 9.05 Å². The summed E-state index contributed by atoms with van der Waals surface area (Å²) in [4.78, 5) is -0.289. The fourth-order valence-corrected chi connectivity index (χ4v) is 1.77. The molecule has 16 heavy (non-hydrogen) atoms. The first kappa shape index (κ1) is 13.0. The van der Waals surface area contributed by atoms with Crippen LogP contribution in [0, 0.1) is 5.82 Å². The third kappa shape index (κ3) is 3.50. The van der Waals surface area contributed by atoms with Crippen molar-refractivity contribution in [3.05, 3.63) is 36.7 Å². The van der Waals surface area contributed by atoms with Crippen LogP contribution in [0.1, 0.15) is 6.42 Å². The largest absolute Gasteiger partial charge is 0.490 e. The summed E-state index contributed by atoms with van der Waals surface area (Å²) in [6.07, 6.45) is 2.21. The lowest BCUT2D eigenvalue weighted by molar-refractivity contribution is 0.307. The van der Waals surface area contributed by atoms with E-state index in [1.54, 1.807) is 6.08 Å². The van der Waals surface area contributed by atoms with E-state index < -0.39 is 14.9 Å². The van der Waals surface area contributed by atoms with Crippen LogP contribution in [0.15, 0.2) is 35.7 Å². The van der Waals surface area contributed by atoms with Crippen molar-refractivity contribution in [2.24, 2.45) is 0 Å². The van der Waals surface area contributed by atoms with Gasteiger partial charge in [-0.05, 0) is 24.6 Å². The highest BCUT2D eigenvalue weighted by atomic mass is 35.7. The summed E-state index contributed by atoms with van der Waals surface area (Å²) in [6, 6.07) is 3.24. The van der Waals surface area contributed by atoms with E-state index in [4.69, 9.17) is 15.4 Å². The number of hydrogen-bond acceptors (Lipinski definition) is 3. The number of halogens is 2. The molecule has 1 aromatic carbocycles. The Kier molecular flexibility index (Phi) is 4.32. The quantitative estimate of drug-likeness (QED) is 0.467. The van der Waals surface area contributed by atoms with Crippen LogP contribution in [-0.4, -0.2) is 15.0 Å². The third-order valence-electron chi connectivity index (χ3n) is 1.76. The van der Waals surface area contributed by atoms with E-state index in [0.29, 0.717) is 6.42 Å². The Balaban J connectivity index is 2.88. The van der Waals surface area contributed by atoms with Gasteiger partial charge in [-0.2, -0.15) is 0 Å². The molecule has 0 aliphatic heterocycles. The molecule has 0 fully saturated rings. The van der Waals surface area contributed by atoms with Crippen LogP contribution in [0.2, 0.25) is 0 Å². The van der Waals surface area contributed by atoms with Crippen LogP contribution >= 0.6 is 10.7 Å². The Bertz CT molecular complexity index is 485. The van der Waals surface area contributed by atoms with Crippen LogP contribution in [0.4, 0.5) is 4.39 Å². The van der Waals surface area contributed by atoms with Crippen LogP contribution in [0.5, 0.6) is 5.75 Å². The fraction of sp³-hybridized carbons (Fsp3) is 0.200. The van der Waals surface area contributed by atoms with E-state index >= 15 is 0 Å². The zero-order valence-electron chi connectivity index (χ0n) is 8.32. The molecule has 0 aliphatic rings. The van der Waals surface area contributed by atoms with E-state index in [2.05, 4.69) is 6.58 Å². The van der Waals surface area contributed by atoms with Crippen LogP contribution < -0.4 is 4.74 Å². The highest BCUT2D eigenvalue weighted by Gasteiger charge is 2.13. The van der Waals surface area contributed by atoms with Crippen LogP contribution in [-0.2, 0) is 9.05 Å². The molecular formula is C10H10ClFO3S. The normalized spacial score (nSPS) is 11.1.